The van der Waals surface area contributed by atoms with Crippen molar-refractivity contribution in [1.82, 2.24) is 5.32 Å². The molecule has 2 N–H and O–H groups in total. The van der Waals surface area contributed by atoms with Crippen LogP contribution in [0.15, 0.2) is 60.7 Å². The van der Waals surface area contributed by atoms with Gasteiger partial charge in [-0.05, 0) is 73.2 Å². The Kier molecular flexibility index (Phi) is 7.86. The normalized spacial score (nSPS) is 14.8. The molecule has 7 nitrogen and oxygen atoms in total. The van der Waals surface area contributed by atoms with E-state index in [2.05, 4.69) is 10.6 Å². The third kappa shape index (κ3) is 5.63. The average molecular weight is 504 g/mol. The predicted molar refractivity (Wildman–Crippen MR) is 141 cm³/mol. The number of halogens is 1. The van der Waals surface area contributed by atoms with E-state index in [4.69, 9.17) is 4.74 Å². The maximum Gasteiger partial charge on any atom is 0.262 e. The predicted octanol–water partition coefficient (Wildman–Crippen LogP) is 5.06. The second-order valence-electron chi connectivity index (χ2n) is 9.06. The molecule has 1 unspecified atom stereocenters. The number of aryl methyl sites for hydroxylation is 1. The molecule has 8 heteroatoms. The van der Waals surface area contributed by atoms with E-state index >= 15 is 0 Å². The van der Waals surface area contributed by atoms with Crippen molar-refractivity contribution >= 4 is 29.1 Å². The van der Waals surface area contributed by atoms with Crippen molar-refractivity contribution in [3.05, 3.63) is 88.7 Å². The van der Waals surface area contributed by atoms with Gasteiger partial charge < -0.3 is 20.3 Å². The first-order valence-electron chi connectivity index (χ1n) is 12.2. The number of rotatable bonds is 6. The fraction of sp³-hybridized carbons (Fsp3) is 0.276. The van der Waals surface area contributed by atoms with Crippen LogP contribution in [0.2, 0.25) is 0 Å². The maximum atomic E-state index is 14.2. The zero-order valence-electron chi connectivity index (χ0n) is 21.1. The zero-order chi connectivity index (χ0) is 26.5. The van der Waals surface area contributed by atoms with Gasteiger partial charge in [0.2, 0.25) is 5.91 Å². The molecule has 3 aromatic carbocycles. The van der Waals surface area contributed by atoms with Crippen LogP contribution in [-0.4, -0.2) is 38.4 Å². The van der Waals surface area contributed by atoms with Crippen LogP contribution in [0.25, 0.3) is 0 Å². The number of anilines is 2. The van der Waals surface area contributed by atoms with E-state index in [1.165, 1.54) is 19.2 Å². The van der Waals surface area contributed by atoms with E-state index in [9.17, 15) is 18.8 Å². The Morgan fingerprint density at radius 2 is 1.84 bits per heavy atom. The fourth-order valence-corrected chi connectivity index (χ4v) is 4.74. The Morgan fingerprint density at radius 3 is 2.57 bits per heavy atom. The molecule has 4 rings (SSSR count). The van der Waals surface area contributed by atoms with Gasteiger partial charge in [0.05, 0.1) is 12.7 Å². The van der Waals surface area contributed by atoms with Crippen molar-refractivity contribution in [3.8, 4) is 5.75 Å². The van der Waals surface area contributed by atoms with Crippen LogP contribution in [0.3, 0.4) is 0 Å². The molecule has 192 valence electrons. The van der Waals surface area contributed by atoms with Gasteiger partial charge in [-0.3, -0.25) is 14.4 Å². The highest BCUT2D eigenvalue weighted by Crippen LogP contribution is 2.38. The molecule has 3 aromatic rings. The van der Waals surface area contributed by atoms with Gasteiger partial charge in [0.15, 0.2) is 0 Å². The number of hydrogen-bond donors (Lipinski definition) is 2. The number of ether oxygens (including phenoxy) is 1. The molecule has 1 aliphatic rings. The third-order valence-corrected chi connectivity index (χ3v) is 6.69. The molecule has 0 aliphatic carbocycles. The Hall–Kier alpha value is -4.20. The Balaban J connectivity index is 1.63. The van der Waals surface area contributed by atoms with E-state index in [1.807, 2.05) is 19.1 Å². The fourth-order valence-electron chi connectivity index (χ4n) is 4.74. The van der Waals surface area contributed by atoms with Crippen LogP contribution >= 0.6 is 0 Å². The van der Waals surface area contributed by atoms with Crippen LogP contribution in [-0.2, 0) is 4.79 Å². The lowest BCUT2D eigenvalue weighted by atomic mass is 9.90. The molecule has 1 heterocycles. The Labute approximate surface area is 215 Å². The first kappa shape index (κ1) is 25.9. The van der Waals surface area contributed by atoms with Crippen LogP contribution in [0.4, 0.5) is 15.8 Å². The number of hydrogen-bond acceptors (Lipinski definition) is 4. The second-order valence-corrected chi connectivity index (χ2v) is 9.06. The minimum absolute atomic E-state index is 0.134. The summed E-state index contributed by atoms with van der Waals surface area (Å²) in [5.41, 5.74) is 3.43. The summed E-state index contributed by atoms with van der Waals surface area (Å²) < 4.78 is 19.8. The van der Waals surface area contributed by atoms with Crippen LogP contribution in [0.1, 0.15) is 57.0 Å². The molecule has 0 aromatic heterocycles. The van der Waals surface area contributed by atoms with Crippen molar-refractivity contribution in [3.63, 3.8) is 0 Å². The summed E-state index contributed by atoms with van der Waals surface area (Å²) >= 11 is 0. The lowest BCUT2D eigenvalue weighted by molar-refractivity contribution is -0.121. The Morgan fingerprint density at radius 1 is 1.05 bits per heavy atom. The van der Waals surface area contributed by atoms with E-state index in [0.717, 1.165) is 5.56 Å². The summed E-state index contributed by atoms with van der Waals surface area (Å²) in [6.07, 6.45) is 1.51. The van der Waals surface area contributed by atoms with Crippen molar-refractivity contribution in [2.24, 2.45) is 0 Å². The van der Waals surface area contributed by atoms with Crippen molar-refractivity contribution < 1.29 is 23.5 Å². The lowest BCUT2D eigenvalue weighted by Crippen LogP contribution is -2.32. The highest BCUT2D eigenvalue weighted by Gasteiger charge is 2.30. The van der Waals surface area contributed by atoms with E-state index < -0.39 is 5.82 Å². The van der Waals surface area contributed by atoms with Crippen LogP contribution in [0.5, 0.6) is 5.75 Å². The number of amides is 3. The molecular formula is C29H30FN3O4. The molecule has 0 saturated heterocycles. The van der Waals surface area contributed by atoms with E-state index in [0.29, 0.717) is 53.2 Å². The standard InChI is InChI=1S/C29H30FN3O4/c1-18-7-4-5-9-22(18)28(35)32-21-11-12-23(26(17-21)37-3)29(36)33-14-6-8-19(15-27(34)31-2)24-16-20(30)10-13-25(24)33/h4-5,7,9-13,16-17,19H,6,8,14-15H2,1-3H3,(H,31,34)(H,32,35). The summed E-state index contributed by atoms with van der Waals surface area (Å²) in [4.78, 5) is 40.2. The van der Waals surface area contributed by atoms with Gasteiger partial charge in [-0.1, -0.05) is 18.2 Å². The van der Waals surface area contributed by atoms with Gasteiger partial charge in [-0.2, -0.15) is 0 Å². The molecule has 0 bridgehead atoms. The molecule has 0 radical (unpaired) electrons. The third-order valence-electron chi connectivity index (χ3n) is 6.69. The molecule has 0 saturated carbocycles. The lowest BCUT2D eigenvalue weighted by Gasteiger charge is -2.25. The number of methoxy groups -OCH3 is 1. The van der Waals surface area contributed by atoms with Gasteiger partial charge in [0.25, 0.3) is 11.8 Å². The number of benzene rings is 3. The number of carbonyl (C=O) groups is 3. The van der Waals surface area contributed by atoms with Crippen molar-refractivity contribution in [2.75, 3.05) is 30.9 Å². The minimum Gasteiger partial charge on any atom is -0.496 e. The topological polar surface area (TPSA) is 87.7 Å². The van der Waals surface area contributed by atoms with Crippen molar-refractivity contribution in [1.29, 1.82) is 0 Å². The monoisotopic (exact) mass is 503 g/mol. The maximum absolute atomic E-state index is 14.2. The first-order valence-corrected chi connectivity index (χ1v) is 12.2. The van der Waals surface area contributed by atoms with Crippen molar-refractivity contribution in [2.45, 2.75) is 32.1 Å². The first-order chi connectivity index (χ1) is 17.8. The smallest absolute Gasteiger partial charge is 0.262 e. The minimum atomic E-state index is -0.415. The zero-order valence-corrected chi connectivity index (χ0v) is 21.1. The van der Waals surface area contributed by atoms with Crippen LogP contribution < -0.4 is 20.3 Å². The summed E-state index contributed by atoms with van der Waals surface area (Å²) in [6.45, 7) is 2.28. The molecule has 0 fully saturated rings. The summed E-state index contributed by atoms with van der Waals surface area (Å²) in [7, 11) is 3.03. The molecule has 0 spiro atoms. The van der Waals surface area contributed by atoms with Gasteiger partial charge in [-0.25, -0.2) is 4.39 Å². The quantitative estimate of drug-likeness (QED) is 0.493. The van der Waals surface area contributed by atoms with Gasteiger partial charge >= 0.3 is 0 Å². The number of fused-ring (bicyclic) bond motifs is 1. The molecule has 1 atom stereocenters. The van der Waals surface area contributed by atoms with E-state index in [1.54, 1.807) is 48.3 Å². The second kappa shape index (κ2) is 11.2. The van der Waals surface area contributed by atoms with E-state index in [-0.39, 0.29) is 30.1 Å². The highest BCUT2D eigenvalue weighted by molar-refractivity contribution is 6.09. The largest absolute Gasteiger partial charge is 0.496 e. The average Bonchev–Trinajstić information content (AvgIpc) is 3.07. The SMILES string of the molecule is CNC(=O)CC1CCCN(C(=O)c2ccc(NC(=O)c3ccccc3C)cc2OC)c2ccc(F)cc21. The molecule has 3 amide bonds. The number of carbonyl (C=O) groups excluding carboxylic acids is 3. The van der Waals surface area contributed by atoms with Gasteiger partial charge in [0.1, 0.15) is 11.6 Å². The summed E-state index contributed by atoms with van der Waals surface area (Å²) in [5, 5.41) is 5.48. The van der Waals surface area contributed by atoms with Crippen LogP contribution in [0, 0.1) is 12.7 Å². The molecule has 37 heavy (non-hydrogen) atoms. The number of nitrogens with one attached hydrogen (secondary N) is 2. The van der Waals surface area contributed by atoms with Gasteiger partial charge in [-0.15, -0.1) is 0 Å². The molecule has 1 aliphatic heterocycles. The van der Waals surface area contributed by atoms with Gasteiger partial charge in [0, 0.05) is 43.0 Å². The summed E-state index contributed by atoms with van der Waals surface area (Å²) in [5.74, 6) is -1.01. The summed E-state index contributed by atoms with van der Waals surface area (Å²) in [6, 6.07) is 16.5. The number of nitrogens with zero attached hydrogens (tertiary/aromatic N) is 1. The Bertz CT molecular complexity index is 1340. The molecular weight excluding hydrogens is 473 g/mol. The highest BCUT2D eigenvalue weighted by atomic mass is 19.1.